The van der Waals surface area contributed by atoms with Gasteiger partial charge in [-0.2, -0.15) is 11.3 Å². The Kier molecular flexibility index (Phi) is 3.89. The molecule has 2 aromatic heterocycles. The number of benzene rings is 1. The minimum atomic E-state index is -0.479. The lowest BCUT2D eigenvalue weighted by molar-refractivity contribution is 0.100. The molecule has 0 aliphatic heterocycles. The third kappa shape index (κ3) is 3.15. The summed E-state index contributed by atoms with van der Waals surface area (Å²) < 4.78 is 0.734. The van der Waals surface area contributed by atoms with E-state index in [1.807, 2.05) is 24.3 Å². The molecule has 2 radical (unpaired) electrons. The third-order valence-corrected chi connectivity index (χ3v) is 3.87. The van der Waals surface area contributed by atoms with Crippen LogP contribution in [-0.2, 0) is 0 Å². The van der Waals surface area contributed by atoms with Crippen LogP contribution in [0, 0.1) is 0 Å². The second kappa shape index (κ2) is 5.99. The van der Waals surface area contributed by atoms with E-state index in [0.29, 0.717) is 17.2 Å². The fraction of sp³-hybridized carbons (Fsp3) is 0. The molecule has 0 unspecified atom stereocenters. The Morgan fingerprint density at radius 3 is 2.82 bits per heavy atom. The molecule has 7 heteroatoms. The maximum Gasteiger partial charge on any atom is 0.248 e. The molecule has 0 saturated heterocycles. The number of aromatic nitrogens is 2. The van der Waals surface area contributed by atoms with Gasteiger partial charge in [-0.25, -0.2) is 9.97 Å². The fourth-order valence-corrected chi connectivity index (χ4v) is 2.67. The summed E-state index contributed by atoms with van der Waals surface area (Å²) in [5.41, 5.74) is 7.17. The van der Waals surface area contributed by atoms with E-state index in [0.717, 1.165) is 15.3 Å². The zero-order valence-corrected chi connectivity index (χ0v) is 12.3. The number of primary amides is 1. The van der Waals surface area contributed by atoms with Crippen LogP contribution in [0.5, 0.6) is 0 Å². The largest absolute Gasteiger partial charge is 0.366 e. The summed E-state index contributed by atoms with van der Waals surface area (Å²) in [4.78, 5) is 20.8. The highest BCUT2D eigenvalue weighted by Gasteiger charge is 2.06. The minimum Gasteiger partial charge on any atom is -0.366 e. The molecule has 0 spiro atoms. The Morgan fingerprint density at radius 2 is 2.09 bits per heavy atom. The molecule has 106 valence electrons. The van der Waals surface area contributed by atoms with Crippen molar-refractivity contribution in [1.29, 1.82) is 0 Å². The van der Waals surface area contributed by atoms with Gasteiger partial charge in [-0.15, -0.1) is 0 Å². The summed E-state index contributed by atoms with van der Waals surface area (Å²) in [5, 5.41) is 3.06. The standard InChI is InChI=1S/C15H11BN4OS/c16-13-5-4-12(22-13)11-6-7-18-15(20-11)19-10-3-1-2-9(8-10)14(17)21/h1-8H,(H2,17,21)(H,18,19,20). The number of thiophene rings is 1. The SMILES string of the molecule is [B]c1ccc(-c2ccnc(Nc3cccc(C(N)=O)c3)n2)s1. The second-order valence-corrected chi connectivity index (χ2v) is 5.65. The number of nitrogens with one attached hydrogen (secondary N) is 1. The van der Waals surface area contributed by atoms with Crippen molar-refractivity contribution in [1.82, 2.24) is 9.97 Å². The zero-order chi connectivity index (χ0) is 15.5. The lowest BCUT2D eigenvalue weighted by atomic mass is 10.1. The summed E-state index contributed by atoms with van der Waals surface area (Å²) >= 11 is 1.46. The van der Waals surface area contributed by atoms with Gasteiger partial charge in [-0.3, -0.25) is 4.79 Å². The monoisotopic (exact) mass is 306 g/mol. The third-order valence-electron chi connectivity index (χ3n) is 2.94. The van der Waals surface area contributed by atoms with Crippen LogP contribution in [0.4, 0.5) is 11.6 Å². The molecule has 22 heavy (non-hydrogen) atoms. The lowest BCUT2D eigenvalue weighted by Crippen LogP contribution is -2.11. The molecule has 0 aliphatic carbocycles. The first-order valence-corrected chi connectivity index (χ1v) is 7.29. The molecule has 3 N–H and O–H groups in total. The van der Waals surface area contributed by atoms with Crippen LogP contribution in [0.2, 0.25) is 0 Å². The van der Waals surface area contributed by atoms with Crippen LogP contribution in [-0.4, -0.2) is 23.7 Å². The van der Waals surface area contributed by atoms with Crippen molar-refractivity contribution in [2.75, 3.05) is 5.32 Å². The van der Waals surface area contributed by atoms with E-state index in [1.165, 1.54) is 11.3 Å². The van der Waals surface area contributed by atoms with Crippen molar-refractivity contribution in [2.24, 2.45) is 5.73 Å². The molecule has 0 atom stereocenters. The van der Waals surface area contributed by atoms with Crippen LogP contribution >= 0.6 is 11.3 Å². The van der Waals surface area contributed by atoms with Crippen LogP contribution in [0.15, 0.2) is 48.7 Å². The Labute approximate surface area is 132 Å². The Morgan fingerprint density at radius 1 is 1.23 bits per heavy atom. The van der Waals surface area contributed by atoms with Crippen molar-refractivity contribution < 1.29 is 4.79 Å². The number of hydrogen-bond donors (Lipinski definition) is 2. The quantitative estimate of drug-likeness (QED) is 0.721. The topological polar surface area (TPSA) is 80.9 Å². The highest BCUT2D eigenvalue weighted by molar-refractivity contribution is 7.23. The van der Waals surface area contributed by atoms with Gasteiger partial charge in [0, 0.05) is 17.4 Å². The smallest absolute Gasteiger partial charge is 0.248 e. The Hall–Kier alpha value is -2.67. The lowest BCUT2D eigenvalue weighted by Gasteiger charge is -2.06. The molecule has 2 heterocycles. The maximum atomic E-state index is 11.2. The first-order chi connectivity index (χ1) is 10.6. The van der Waals surface area contributed by atoms with Crippen LogP contribution in [0.3, 0.4) is 0 Å². The summed E-state index contributed by atoms with van der Waals surface area (Å²) in [6, 6.07) is 12.4. The summed E-state index contributed by atoms with van der Waals surface area (Å²) in [5.74, 6) is -0.0431. The number of amides is 1. The van der Waals surface area contributed by atoms with E-state index in [2.05, 4.69) is 15.3 Å². The van der Waals surface area contributed by atoms with Crippen molar-refractivity contribution in [3.05, 3.63) is 54.2 Å². The molecular weight excluding hydrogens is 295 g/mol. The molecule has 3 aromatic rings. The fourth-order valence-electron chi connectivity index (χ4n) is 1.93. The molecular formula is C15H11BN4OS. The maximum absolute atomic E-state index is 11.2. The number of carbonyl (C=O) groups excluding carboxylic acids is 1. The van der Waals surface area contributed by atoms with E-state index in [9.17, 15) is 4.79 Å². The van der Waals surface area contributed by atoms with Crippen molar-refractivity contribution in [3.8, 4) is 10.6 Å². The number of nitrogens with two attached hydrogens (primary N) is 1. The average Bonchev–Trinajstić information content (AvgIpc) is 2.94. The first-order valence-electron chi connectivity index (χ1n) is 6.47. The number of hydrogen-bond acceptors (Lipinski definition) is 5. The van der Waals surface area contributed by atoms with Gasteiger partial charge in [-0.05, 0) is 35.1 Å². The van der Waals surface area contributed by atoms with Gasteiger partial charge in [0.05, 0.1) is 10.6 Å². The number of rotatable bonds is 4. The van der Waals surface area contributed by atoms with Crippen LogP contribution < -0.4 is 15.8 Å². The average molecular weight is 306 g/mol. The zero-order valence-electron chi connectivity index (χ0n) is 11.5. The van der Waals surface area contributed by atoms with E-state index in [-0.39, 0.29) is 0 Å². The molecule has 1 amide bonds. The molecule has 5 nitrogen and oxygen atoms in total. The van der Waals surface area contributed by atoms with Crippen molar-refractivity contribution in [2.45, 2.75) is 0 Å². The van der Waals surface area contributed by atoms with Gasteiger partial charge < -0.3 is 11.1 Å². The summed E-state index contributed by atoms with van der Waals surface area (Å²) in [7, 11) is 5.74. The Bertz CT molecular complexity index is 834. The molecule has 0 bridgehead atoms. The number of anilines is 2. The van der Waals surface area contributed by atoms with E-state index >= 15 is 0 Å². The van der Waals surface area contributed by atoms with E-state index in [4.69, 9.17) is 13.6 Å². The van der Waals surface area contributed by atoms with Gasteiger partial charge in [-0.1, -0.05) is 12.1 Å². The number of carbonyl (C=O) groups is 1. The van der Waals surface area contributed by atoms with Gasteiger partial charge >= 0.3 is 0 Å². The molecule has 1 aromatic carbocycles. The summed E-state index contributed by atoms with van der Waals surface area (Å²) in [6.07, 6.45) is 1.67. The van der Waals surface area contributed by atoms with E-state index in [1.54, 1.807) is 24.4 Å². The van der Waals surface area contributed by atoms with Crippen molar-refractivity contribution >= 4 is 41.5 Å². The number of nitrogens with zero attached hydrogens (tertiary/aromatic N) is 2. The normalized spacial score (nSPS) is 10.4. The van der Waals surface area contributed by atoms with E-state index < -0.39 is 5.91 Å². The molecule has 0 fully saturated rings. The minimum absolute atomic E-state index is 0.423. The molecule has 0 aliphatic rings. The van der Waals surface area contributed by atoms with Gasteiger partial charge in [0.1, 0.15) is 7.85 Å². The van der Waals surface area contributed by atoms with Crippen molar-refractivity contribution in [3.63, 3.8) is 0 Å². The van der Waals surface area contributed by atoms with Crippen LogP contribution in [0.25, 0.3) is 10.6 Å². The van der Waals surface area contributed by atoms with Crippen LogP contribution in [0.1, 0.15) is 10.4 Å². The first kappa shape index (κ1) is 14.3. The van der Waals surface area contributed by atoms with Gasteiger partial charge in [0.25, 0.3) is 0 Å². The predicted octanol–water partition coefficient (Wildman–Crippen LogP) is 1.84. The van der Waals surface area contributed by atoms with Gasteiger partial charge in [0.2, 0.25) is 11.9 Å². The highest BCUT2D eigenvalue weighted by Crippen LogP contribution is 2.22. The second-order valence-electron chi connectivity index (χ2n) is 4.54. The Balaban J connectivity index is 1.87. The predicted molar refractivity (Wildman–Crippen MR) is 89.0 cm³/mol. The highest BCUT2D eigenvalue weighted by atomic mass is 32.1. The summed E-state index contributed by atoms with van der Waals surface area (Å²) in [6.45, 7) is 0. The van der Waals surface area contributed by atoms with Gasteiger partial charge in [0.15, 0.2) is 0 Å². The molecule has 3 rings (SSSR count). The molecule has 0 saturated carbocycles.